The van der Waals surface area contributed by atoms with Gasteiger partial charge in [-0.3, -0.25) is 0 Å². The minimum absolute atomic E-state index is 0.353. The maximum Gasteiger partial charge on any atom is 0.337 e. The first-order chi connectivity index (χ1) is 11.6. The molecule has 118 valence electrons. The molecule has 0 amide bonds. The number of rotatable bonds is 2. The van der Waals surface area contributed by atoms with Crippen molar-refractivity contribution in [3.63, 3.8) is 0 Å². The highest BCUT2D eigenvalue weighted by molar-refractivity contribution is 6.24. The normalized spacial score (nSPS) is 11.2. The van der Waals surface area contributed by atoms with Gasteiger partial charge < -0.3 is 9.47 Å². The number of methoxy groups -OCH3 is 2. The van der Waals surface area contributed by atoms with E-state index in [4.69, 9.17) is 9.47 Å². The first-order valence-electron chi connectivity index (χ1n) is 7.51. The number of hydrogen-bond acceptors (Lipinski definition) is 4. The zero-order valence-electron chi connectivity index (χ0n) is 13.3. The van der Waals surface area contributed by atoms with Crippen LogP contribution < -0.4 is 0 Å². The molecule has 0 radical (unpaired) electrons. The summed E-state index contributed by atoms with van der Waals surface area (Å²) in [5, 5.41) is 6.03. The minimum Gasteiger partial charge on any atom is -0.465 e. The highest BCUT2D eigenvalue weighted by Crippen LogP contribution is 2.36. The smallest absolute Gasteiger partial charge is 0.337 e. The Morgan fingerprint density at radius 3 is 1.17 bits per heavy atom. The van der Waals surface area contributed by atoms with E-state index in [1.165, 1.54) is 14.2 Å². The van der Waals surface area contributed by atoms with Crippen LogP contribution in [0.5, 0.6) is 0 Å². The van der Waals surface area contributed by atoms with E-state index in [2.05, 4.69) is 0 Å². The van der Waals surface area contributed by atoms with Crippen LogP contribution in [0.3, 0.4) is 0 Å². The monoisotopic (exact) mass is 318 g/mol. The van der Waals surface area contributed by atoms with Crippen LogP contribution in [0.4, 0.5) is 0 Å². The highest BCUT2D eigenvalue weighted by atomic mass is 16.5. The first-order valence-corrected chi connectivity index (χ1v) is 7.51. The molecule has 0 spiro atoms. The second kappa shape index (κ2) is 5.20. The lowest BCUT2D eigenvalue weighted by Gasteiger charge is -2.13. The van der Waals surface area contributed by atoms with Gasteiger partial charge in [0.15, 0.2) is 0 Å². The molecule has 4 aromatic rings. The summed E-state index contributed by atoms with van der Waals surface area (Å²) in [6, 6.07) is 15.2. The van der Waals surface area contributed by atoms with E-state index >= 15 is 0 Å². The van der Waals surface area contributed by atoms with Crippen LogP contribution in [-0.2, 0) is 9.47 Å². The Hall–Kier alpha value is -3.14. The number of carbonyl (C=O) groups excluding carboxylic acids is 2. The number of benzene rings is 4. The third-order valence-corrected chi connectivity index (χ3v) is 4.38. The third-order valence-electron chi connectivity index (χ3n) is 4.38. The molecule has 0 aromatic heterocycles. The Bertz CT molecular complexity index is 955. The van der Waals surface area contributed by atoms with E-state index in [1.807, 2.05) is 48.5 Å². The van der Waals surface area contributed by atoms with Gasteiger partial charge in [0.25, 0.3) is 0 Å². The summed E-state index contributed by atoms with van der Waals surface area (Å²) in [5.41, 5.74) is 1.05. The summed E-state index contributed by atoms with van der Waals surface area (Å²) in [6.45, 7) is 0. The summed E-state index contributed by atoms with van der Waals surface area (Å²) in [6.07, 6.45) is 0. The van der Waals surface area contributed by atoms with E-state index in [0.717, 1.165) is 32.3 Å². The molecule has 24 heavy (non-hydrogen) atoms. The van der Waals surface area contributed by atoms with Crippen molar-refractivity contribution in [2.75, 3.05) is 14.2 Å². The molecular formula is C20H14O4. The topological polar surface area (TPSA) is 52.6 Å². The second-order valence-corrected chi connectivity index (χ2v) is 5.71. The Balaban J connectivity index is 2.09. The molecular weight excluding hydrogens is 304 g/mol. The van der Waals surface area contributed by atoms with Crippen molar-refractivity contribution in [2.24, 2.45) is 0 Å². The van der Waals surface area contributed by atoms with Crippen LogP contribution in [0.25, 0.3) is 32.3 Å². The third kappa shape index (κ3) is 2.00. The fourth-order valence-electron chi connectivity index (χ4n) is 3.31. The molecule has 0 saturated carbocycles. The van der Waals surface area contributed by atoms with Gasteiger partial charge in [-0.1, -0.05) is 24.3 Å². The summed E-state index contributed by atoms with van der Waals surface area (Å²) in [4.78, 5) is 23.7. The maximum atomic E-state index is 11.9. The number of esters is 2. The van der Waals surface area contributed by atoms with Gasteiger partial charge in [-0.25, -0.2) is 9.59 Å². The predicted molar refractivity (Wildman–Crippen MR) is 92.8 cm³/mol. The SMILES string of the molecule is COC(=O)c1cc2ccc3cc(C(=O)OC)cc4ccc(c1)c2c34. The van der Waals surface area contributed by atoms with Crippen LogP contribution in [0, 0.1) is 0 Å². The zero-order valence-corrected chi connectivity index (χ0v) is 13.3. The van der Waals surface area contributed by atoms with Gasteiger partial charge in [0.2, 0.25) is 0 Å². The van der Waals surface area contributed by atoms with Crippen LogP contribution in [-0.4, -0.2) is 26.2 Å². The first kappa shape index (κ1) is 14.5. The van der Waals surface area contributed by atoms with Crippen molar-refractivity contribution >= 4 is 44.3 Å². The van der Waals surface area contributed by atoms with Crippen LogP contribution in [0.1, 0.15) is 20.7 Å². The maximum absolute atomic E-state index is 11.9. The molecule has 0 unspecified atom stereocenters. The van der Waals surface area contributed by atoms with E-state index < -0.39 is 0 Å². The van der Waals surface area contributed by atoms with E-state index in [0.29, 0.717) is 11.1 Å². The standard InChI is InChI=1S/C20H14O4/c1-23-19(21)15-7-11-3-5-13-9-16(20(22)24-2)10-14-6-4-12(8-15)17(11)18(13)14/h3-10H,1-2H3. The van der Waals surface area contributed by atoms with Crippen molar-refractivity contribution in [1.29, 1.82) is 0 Å². The van der Waals surface area contributed by atoms with E-state index in [1.54, 1.807) is 0 Å². The lowest BCUT2D eigenvalue weighted by atomic mass is 9.91. The Kier molecular flexibility index (Phi) is 3.13. The zero-order chi connectivity index (χ0) is 16.8. The van der Waals surface area contributed by atoms with Crippen LogP contribution in [0.15, 0.2) is 48.5 Å². The van der Waals surface area contributed by atoms with Crippen LogP contribution >= 0.6 is 0 Å². The molecule has 0 fully saturated rings. The Labute approximate surface area is 137 Å². The van der Waals surface area contributed by atoms with Crippen molar-refractivity contribution in [3.8, 4) is 0 Å². The number of carbonyl (C=O) groups is 2. The molecule has 0 aliphatic carbocycles. The van der Waals surface area contributed by atoms with Gasteiger partial charge in [0.1, 0.15) is 0 Å². The molecule has 0 aliphatic heterocycles. The minimum atomic E-state index is -0.353. The molecule has 4 rings (SSSR count). The molecule has 0 bridgehead atoms. The molecule has 0 heterocycles. The van der Waals surface area contributed by atoms with Gasteiger partial charge in [0.05, 0.1) is 25.3 Å². The van der Waals surface area contributed by atoms with Gasteiger partial charge in [0, 0.05) is 0 Å². The van der Waals surface area contributed by atoms with Crippen LogP contribution in [0.2, 0.25) is 0 Å². The van der Waals surface area contributed by atoms with Crippen molar-refractivity contribution in [1.82, 2.24) is 0 Å². The summed E-state index contributed by atoms with van der Waals surface area (Å²) < 4.78 is 9.66. The fraction of sp³-hybridized carbons (Fsp3) is 0.100. The number of hydrogen-bond donors (Lipinski definition) is 0. The lowest BCUT2D eigenvalue weighted by Crippen LogP contribution is -2.02. The summed E-state index contributed by atoms with van der Waals surface area (Å²) >= 11 is 0. The molecule has 4 nitrogen and oxygen atoms in total. The summed E-state index contributed by atoms with van der Waals surface area (Å²) in [5.74, 6) is -0.707. The lowest BCUT2D eigenvalue weighted by molar-refractivity contribution is 0.0592. The largest absolute Gasteiger partial charge is 0.465 e. The van der Waals surface area contributed by atoms with Gasteiger partial charge >= 0.3 is 11.9 Å². The molecule has 0 aliphatic rings. The Morgan fingerprint density at radius 1 is 0.625 bits per heavy atom. The molecule has 0 atom stereocenters. The van der Waals surface area contributed by atoms with Gasteiger partial charge in [-0.05, 0) is 56.6 Å². The summed E-state index contributed by atoms with van der Waals surface area (Å²) in [7, 11) is 2.75. The molecule has 0 N–H and O–H groups in total. The molecule has 4 aromatic carbocycles. The van der Waals surface area contributed by atoms with E-state index in [-0.39, 0.29) is 11.9 Å². The Morgan fingerprint density at radius 2 is 0.917 bits per heavy atom. The average molecular weight is 318 g/mol. The average Bonchev–Trinajstić information content (AvgIpc) is 2.63. The molecule has 4 heteroatoms. The van der Waals surface area contributed by atoms with Gasteiger partial charge in [-0.2, -0.15) is 0 Å². The molecule has 0 saturated heterocycles. The van der Waals surface area contributed by atoms with Gasteiger partial charge in [-0.15, -0.1) is 0 Å². The van der Waals surface area contributed by atoms with E-state index in [9.17, 15) is 9.59 Å². The predicted octanol–water partition coefficient (Wildman–Crippen LogP) is 4.16. The number of ether oxygens (including phenoxy) is 2. The van der Waals surface area contributed by atoms with Crippen molar-refractivity contribution in [3.05, 3.63) is 59.7 Å². The highest BCUT2D eigenvalue weighted by Gasteiger charge is 2.15. The quantitative estimate of drug-likeness (QED) is 0.411. The van der Waals surface area contributed by atoms with Crippen molar-refractivity contribution in [2.45, 2.75) is 0 Å². The second-order valence-electron chi connectivity index (χ2n) is 5.71. The van der Waals surface area contributed by atoms with Crippen molar-refractivity contribution < 1.29 is 19.1 Å². The fourth-order valence-corrected chi connectivity index (χ4v) is 3.31.